The third-order valence-corrected chi connectivity index (χ3v) is 3.14. The number of carbonyl (C=O) groups is 1. The lowest BCUT2D eigenvalue weighted by atomic mass is 9.87. The molecule has 4 heteroatoms. The number of halogens is 2. The maximum atomic E-state index is 12.9. The molecular weight excluding hydrogens is 166 g/mol. The van der Waals surface area contributed by atoms with Gasteiger partial charge in [-0.3, -0.25) is 4.79 Å². The van der Waals surface area contributed by atoms with Gasteiger partial charge in [0.25, 0.3) is 5.92 Å². The SMILES string of the molecule is O=C(O)[C@@H]1C[C@H]2C[C@@H]1CC2(F)F. The highest BCUT2D eigenvalue weighted by Crippen LogP contribution is 2.56. The molecule has 2 fully saturated rings. The third kappa shape index (κ3) is 0.934. The van der Waals surface area contributed by atoms with Gasteiger partial charge < -0.3 is 5.11 Å². The van der Waals surface area contributed by atoms with Crippen LogP contribution in [-0.2, 0) is 4.79 Å². The molecule has 0 amide bonds. The van der Waals surface area contributed by atoms with Crippen LogP contribution in [-0.4, -0.2) is 17.0 Å². The number of carboxylic acid groups (broad SMARTS) is 1. The van der Waals surface area contributed by atoms with Crippen LogP contribution in [0.2, 0.25) is 0 Å². The molecule has 0 aliphatic heterocycles. The average Bonchev–Trinajstić information content (AvgIpc) is 2.40. The molecule has 1 N–H and O–H groups in total. The van der Waals surface area contributed by atoms with Crippen molar-refractivity contribution in [2.24, 2.45) is 17.8 Å². The zero-order valence-electron chi connectivity index (χ0n) is 6.46. The Morgan fingerprint density at radius 2 is 2.08 bits per heavy atom. The summed E-state index contributed by atoms with van der Waals surface area (Å²) in [5.74, 6) is -4.94. The van der Waals surface area contributed by atoms with Gasteiger partial charge in [-0.05, 0) is 18.8 Å². The van der Waals surface area contributed by atoms with Crippen molar-refractivity contribution in [1.29, 1.82) is 0 Å². The zero-order valence-corrected chi connectivity index (χ0v) is 6.46. The predicted molar refractivity (Wildman–Crippen MR) is 36.9 cm³/mol. The quantitative estimate of drug-likeness (QED) is 0.660. The summed E-state index contributed by atoms with van der Waals surface area (Å²) >= 11 is 0. The Morgan fingerprint density at radius 3 is 2.42 bits per heavy atom. The van der Waals surface area contributed by atoms with Crippen LogP contribution < -0.4 is 0 Å². The number of fused-ring (bicyclic) bond motifs is 2. The second-order valence-corrected chi connectivity index (χ2v) is 3.84. The van der Waals surface area contributed by atoms with Crippen LogP contribution in [0.15, 0.2) is 0 Å². The van der Waals surface area contributed by atoms with Crippen LogP contribution in [0.4, 0.5) is 8.78 Å². The maximum absolute atomic E-state index is 12.9. The van der Waals surface area contributed by atoms with Crippen LogP contribution in [0.25, 0.3) is 0 Å². The predicted octanol–water partition coefficient (Wildman–Crippen LogP) is 1.75. The number of hydrogen-bond donors (Lipinski definition) is 1. The molecule has 0 aromatic carbocycles. The van der Waals surface area contributed by atoms with Gasteiger partial charge in [0.15, 0.2) is 0 Å². The molecule has 0 heterocycles. The van der Waals surface area contributed by atoms with Crippen LogP contribution >= 0.6 is 0 Å². The molecule has 2 saturated carbocycles. The fraction of sp³-hybridized carbons (Fsp3) is 0.875. The lowest BCUT2D eigenvalue weighted by Crippen LogP contribution is -2.31. The number of alkyl halides is 2. The fourth-order valence-electron chi connectivity index (χ4n) is 2.51. The van der Waals surface area contributed by atoms with E-state index in [1.165, 1.54) is 0 Å². The molecule has 0 spiro atoms. The second kappa shape index (κ2) is 2.18. The smallest absolute Gasteiger partial charge is 0.306 e. The van der Waals surface area contributed by atoms with E-state index in [2.05, 4.69) is 0 Å². The summed E-state index contributed by atoms with van der Waals surface area (Å²) in [4.78, 5) is 10.6. The molecule has 0 radical (unpaired) electrons. The van der Waals surface area contributed by atoms with Crippen LogP contribution in [0.1, 0.15) is 19.3 Å². The molecule has 2 bridgehead atoms. The van der Waals surface area contributed by atoms with E-state index in [1.54, 1.807) is 0 Å². The van der Waals surface area contributed by atoms with Crippen molar-refractivity contribution in [3.8, 4) is 0 Å². The van der Waals surface area contributed by atoms with Gasteiger partial charge in [0, 0.05) is 12.3 Å². The van der Waals surface area contributed by atoms with Gasteiger partial charge in [0.05, 0.1) is 5.92 Å². The molecule has 12 heavy (non-hydrogen) atoms. The highest BCUT2D eigenvalue weighted by Gasteiger charge is 2.58. The molecule has 0 saturated heterocycles. The standard InChI is InChI=1S/C8H10F2O2/c9-8(10)3-4-1-5(8)2-6(4)7(11)12/h4-6H,1-3H2,(H,11,12)/t4-,5-,6-/m1/s1. The van der Waals surface area contributed by atoms with Crippen LogP contribution in [0.3, 0.4) is 0 Å². The van der Waals surface area contributed by atoms with E-state index in [9.17, 15) is 13.6 Å². The van der Waals surface area contributed by atoms with E-state index in [-0.39, 0.29) is 18.8 Å². The van der Waals surface area contributed by atoms with Crippen molar-refractivity contribution in [2.75, 3.05) is 0 Å². The van der Waals surface area contributed by atoms with Gasteiger partial charge >= 0.3 is 5.97 Å². The number of rotatable bonds is 1. The molecule has 2 aliphatic rings. The van der Waals surface area contributed by atoms with Gasteiger partial charge in [0.2, 0.25) is 0 Å². The van der Waals surface area contributed by atoms with Crippen molar-refractivity contribution in [3.05, 3.63) is 0 Å². The van der Waals surface area contributed by atoms with Crippen LogP contribution in [0, 0.1) is 17.8 Å². The van der Waals surface area contributed by atoms with Crippen molar-refractivity contribution in [3.63, 3.8) is 0 Å². The molecule has 2 aliphatic carbocycles. The second-order valence-electron chi connectivity index (χ2n) is 3.84. The molecule has 0 aromatic heterocycles. The van der Waals surface area contributed by atoms with Crippen molar-refractivity contribution in [1.82, 2.24) is 0 Å². The van der Waals surface area contributed by atoms with Crippen LogP contribution in [0.5, 0.6) is 0 Å². The Labute approximate surface area is 68.6 Å². The minimum atomic E-state index is -2.59. The Hall–Kier alpha value is -0.670. The van der Waals surface area contributed by atoms with Crippen molar-refractivity contribution < 1.29 is 18.7 Å². The highest BCUT2D eigenvalue weighted by molar-refractivity contribution is 5.71. The number of carboxylic acids is 1. The van der Waals surface area contributed by atoms with Gasteiger partial charge in [0.1, 0.15) is 0 Å². The summed E-state index contributed by atoms with van der Waals surface area (Å²) in [5, 5.41) is 8.66. The van der Waals surface area contributed by atoms with Crippen molar-refractivity contribution in [2.45, 2.75) is 25.2 Å². The Bertz CT molecular complexity index is 227. The minimum absolute atomic E-state index is 0.174. The summed E-state index contributed by atoms with van der Waals surface area (Å²) in [5.41, 5.74) is 0. The topological polar surface area (TPSA) is 37.3 Å². The Morgan fingerprint density at radius 1 is 1.42 bits per heavy atom. The Kier molecular flexibility index (Phi) is 1.44. The first kappa shape index (κ1) is 7.95. The first-order chi connectivity index (χ1) is 5.50. The number of hydrogen-bond acceptors (Lipinski definition) is 1. The Balaban J connectivity index is 2.13. The summed E-state index contributed by atoms with van der Waals surface area (Å²) in [7, 11) is 0. The maximum Gasteiger partial charge on any atom is 0.306 e. The molecule has 0 aromatic rings. The summed E-state index contributed by atoms with van der Waals surface area (Å²) in [6, 6.07) is 0. The summed E-state index contributed by atoms with van der Waals surface area (Å²) < 4.78 is 25.8. The third-order valence-electron chi connectivity index (χ3n) is 3.14. The van der Waals surface area contributed by atoms with Gasteiger partial charge in [-0.25, -0.2) is 8.78 Å². The average molecular weight is 176 g/mol. The largest absolute Gasteiger partial charge is 0.481 e. The minimum Gasteiger partial charge on any atom is -0.481 e. The number of aliphatic carboxylic acids is 1. The van der Waals surface area contributed by atoms with Gasteiger partial charge in [-0.2, -0.15) is 0 Å². The van der Waals surface area contributed by atoms with E-state index in [0.717, 1.165) is 0 Å². The molecular formula is C8H10F2O2. The zero-order chi connectivity index (χ0) is 8.93. The summed E-state index contributed by atoms with van der Waals surface area (Å²) in [6.45, 7) is 0. The monoisotopic (exact) mass is 176 g/mol. The first-order valence-corrected chi connectivity index (χ1v) is 4.11. The lowest BCUT2D eigenvalue weighted by Gasteiger charge is -2.24. The molecule has 0 unspecified atom stereocenters. The molecule has 68 valence electrons. The van der Waals surface area contributed by atoms with E-state index in [1.807, 2.05) is 0 Å². The summed E-state index contributed by atoms with van der Waals surface area (Å²) in [6.07, 6.45) is 0.367. The van der Waals surface area contributed by atoms with E-state index in [4.69, 9.17) is 5.11 Å². The van der Waals surface area contributed by atoms with E-state index < -0.39 is 23.7 Å². The first-order valence-electron chi connectivity index (χ1n) is 4.11. The molecule has 2 rings (SSSR count). The van der Waals surface area contributed by atoms with Gasteiger partial charge in [-0.1, -0.05) is 0 Å². The van der Waals surface area contributed by atoms with Gasteiger partial charge in [-0.15, -0.1) is 0 Å². The molecule has 3 atom stereocenters. The molecule has 2 nitrogen and oxygen atoms in total. The lowest BCUT2D eigenvalue weighted by molar-refractivity contribution is -0.146. The highest BCUT2D eigenvalue weighted by atomic mass is 19.3. The fourth-order valence-corrected chi connectivity index (χ4v) is 2.51. The van der Waals surface area contributed by atoms with E-state index >= 15 is 0 Å². The van der Waals surface area contributed by atoms with Crippen molar-refractivity contribution >= 4 is 5.97 Å². The normalized spacial score (nSPS) is 43.3. The van der Waals surface area contributed by atoms with E-state index in [0.29, 0.717) is 6.42 Å².